The lowest BCUT2D eigenvalue weighted by molar-refractivity contribution is -0.126. The average Bonchev–Trinajstić information content (AvgIpc) is 3.30. The summed E-state index contributed by atoms with van der Waals surface area (Å²) in [5, 5.41) is 6.52. The molecule has 3 aromatic rings. The van der Waals surface area contributed by atoms with Gasteiger partial charge in [-0.1, -0.05) is 30.3 Å². The molecule has 0 aromatic heterocycles. The van der Waals surface area contributed by atoms with Crippen molar-refractivity contribution in [1.82, 2.24) is 9.62 Å². The summed E-state index contributed by atoms with van der Waals surface area (Å²) in [5.41, 5.74) is 0.785. The van der Waals surface area contributed by atoms with Crippen LogP contribution in [0.15, 0.2) is 71.6 Å². The van der Waals surface area contributed by atoms with Gasteiger partial charge in [-0.2, -0.15) is 16.9 Å². The minimum absolute atomic E-state index is 0.0787. The third-order valence-electron chi connectivity index (χ3n) is 5.97. The van der Waals surface area contributed by atoms with E-state index in [0.717, 1.165) is 15.1 Å². The number of nitrogens with one attached hydrogen (secondary N) is 2. The Balaban J connectivity index is 1.40. The van der Waals surface area contributed by atoms with Gasteiger partial charge in [-0.3, -0.25) is 9.59 Å². The number of fused-ring (bicyclic) bond motifs is 1. The quantitative estimate of drug-likeness (QED) is 0.298. The Labute approximate surface area is 220 Å². The van der Waals surface area contributed by atoms with Gasteiger partial charge in [0.25, 0.3) is 0 Å². The van der Waals surface area contributed by atoms with Crippen LogP contribution in [0, 0.1) is 0 Å². The smallest absolute Gasteiger partial charge is 0.338 e. The molecule has 1 heterocycles. The van der Waals surface area contributed by atoms with E-state index in [1.54, 1.807) is 31.2 Å². The lowest BCUT2D eigenvalue weighted by Crippen LogP contribution is -2.47. The summed E-state index contributed by atoms with van der Waals surface area (Å²) in [7, 11) is -3.97. The molecule has 0 aliphatic carbocycles. The molecule has 3 aromatic carbocycles. The van der Waals surface area contributed by atoms with E-state index < -0.39 is 33.8 Å². The van der Waals surface area contributed by atoms with Gasteiger partial charge in [0.15, 0.2) is 0 Å². The maximum Gasteiger partial charge on any atom is 0.338 e. The number of benzene rings is 3. The van der Waals surface area contributed by atoms with Crippen LogP contribution in [-0.2, 0) is 24.3 Å². The Morgan fingerprint density at radius 1 is 1.03 bits per heavy atom. The molecule has 2 atom stereocenters. The van der Waals surface area contributed by atoms with Crippen LogP contribution >= 0.6 is 12.6 Å². The van der Waals surface area contributed by atoms with Crippen molar-refractivity contribution in [2.24, 2.45) is 0 Å². The number of nitrogens with zero attached hydrogens (tertiary/aromatic N) is 1. The second kappa shape index (κ2) is 11.3. The Kier molecular flexibility index (Phi) is 8.16. The minimum atomic E-state index is -3.97. The monoisotopic (exact) mass is 541 g/mol. The summed E-state index contributed by atoms with van der Waals surface area (Å²) in [6, 6.07) is 17.4. The standard InChI is InChI=1S/C26H27N3O6S2/c1-2-35-26(32)18-7-10-20(11-8-18)28-24(30)15-27-25(31)23-14-21(36)16-29(23)37(33,34)22-12-9-17-5-3-4-6-19(17)13-22/h3-13,21,23,36H,2,14-16H2,1H3,(H,27,31)(H,28,30)/t21-,23+/m1/s1. The first-order chi connectivity index (χ1) is 17.7. The molecule has 1 aliphatic heterocycles. The highest BCUT2D eigenvalue weighted by Crippen LogP contribution is 2.30. The number of ether oxygens (including phenoxy) is 1. The maximum atomic E-state index is 13.4. The number of sulfonamides is 1. The molecule has 0 radical (unpaired) electrons. The maximum absolute atomic E-state index is 13.4. The minimum Gasteiger partial charge on any atom is -0.462 e. The molecule has 2 amide bonds. The fourth-order valence-electron chi connectivity index (χ4n) is 4.15. The molecule has 0 bridgehead atoms. The van der Waals surface area contributed by atoms with E-state index in [2.05, 4.69) is 23.3 Å². The molecule has 2 N–H and O–H groups in total. The number of rotatable bonds is 8. The first-order valence-electron chi connectivity index (χ1n) is 11.7. The van der Waals surface area contributed by atoms with Gasteiger partial charge in [0, 0.05) is 17.5 Å². The van der Waals surface area contributed by atoms with Crippen LogP contribution in [0.1, 0.15) is 23.7 Å². The van der Waals surface area contributed by atoms with Gasteiger partial charge in [-0.05, 0) is 60.5 Å². The number of thiol groups is 1. The molecule has 9 nitrogen and oxygen atoms in total. The molecule has 0 saturated carbocycles. The number of esters is 1. The highest BCUT2D eigenvalue weighted by atomic mass is 32.2. The third kappa shape index (κ3) is 6.12. The van der Waals surface area contributed by atoms with Crippen LogP contribution in [0.2, 0.25) is 0 Å². The third-order valence-corrected chi connectivity index (χ3v) is 8.21. The normalized spacial score (nSPS) is 17.9. The molecule has 0 unspecified atom stereocenters. The molecule has 4 rings (SSSR count). The molecule has 1 saturated heterocycles. The first kappa shape index (κ1) is 26.6. The van der Waals surface area contributed by atoms with Crippen LogP contribution in [0.5, 0.6) is 0 Å². The summed E-state index contributed by atoms with van der Waals surface area (Å²) < 4.78 is 32.9. The highest BCUT2D eigenvalue weighted by molar-refractivity contribution is 7.89. The Morgan fingerprint density at radius 2 is 1.73 bits per heavy atom. The summed E-state index contributed by atoms with van der Waals surface area (Å²) in [4.78, 5) is 37.2. The van der Waals surface area contributed by atoms with Gasteiger partial charge in [-0.25, -0.2) is 13.2 Å². The van der Waals surface area contributed by atoms with Gasteiger partial charge in [0.05, 0.1) is 23.6 Å². The lowest BCUT2D eigenvalue weighted by Gasteiger charge is -2.23. The van der Waals surface area contributed by atoms with Crippen molar-refractivity contribution in [3.63, 3.8) is 0 Å². The lowest BCUT2D eigenvalue weighted by atomic mass is 10.1. The number of carbonyl (C=O) groups is 3. The highest BCUT2D eigenvalue weighted by Gasteiger charge is 2.43. The zero-order valence-electron chi connectivity index (χ0n) is 20.1. The molecule has 1 aliphatic rings. The van der Waals surface area contributed by atoms with Crippen LogP contribution in [0.4, 0.5) is 5.69 Å². The van der Waals surface area contributed by atoms with E-state index in [9.17, 15) is 22.8 Å². The van der Waals surface area contributed by atoms with Crippen LogP contribution in [0.3, 0.4) is 0 Å². The molecule has 11 heteroatoms. The zero-order valence-corrected chi connectivity index (χ0v) is 21.8. The summed E-state index contributed by atoms with van der Waals surface area (Å²) in [6.45, 7) is 1.69. The van der Waals surface area contributed by atoms with Gasteiger partial charge in [-0.15, -0.1) is 0 Å². The fraction of sp³-hybridized carbons (Fsp3) is 0.269. The van der Waals surface area contributed by atoms with Gasteiger partial charge in [0.2, 0.25) is 21.8 Å². The van der Waals surface area contributed by atoms with Crippen LogP contribution < -0.4 is 10.6 Å². The summed E-state index contributed by atoms with van der Waals surface area (Å²) in [5.74, 6) is -1.54. The molecule has 194 valence electrons. The van der Waals surface area contributed by atoms with E-state index in [0.29, 0.717) is 11.3 Å². The van der Waals surface area contributed by atoms with Crippen molar-refractivity contribution in [2.75, 3.05) is 25.0 Å². The largest absolute Gasteiger partial charge is 0.462 e. The predicted octanol–water partition coefficient (Wildman–Crippen LogP) is 2.83. The molecular formula is C26H27N3O6S2. The number of carbonyl (C=O) groups excluding carboxylic acids is 3. The van der Waals surface area contributed by atoms with Crippen LogP contribution in [0.25, 0.3) is 10.8 Å². The van der Waals surface area contributed by atoms with E-state index in [1.165, 1.54) is 18.2 Å². The topological polar surface area (TPSA) is 122 Å². The fourth-order valence-corrected chi connectivity index (χ4v) is 6.31. The number of amides is 2. The van der Waals surface area contributed by atoms with E-state index in [-0.39, 0.29) is 36.3 Å². The van der Waals surface area contributed by atoms with Gasteiger partial charge >= 0.3 is 5.97 Å². The first-order valence-corrected chi connectivity index (χ1v) is 13.7. The van der Waals surface area contributed by atoms with Crippen LogP contribution in [-0.4, -0.2) is 61.5 Å². The van der Waals surface area contributed by atoms with E-state index >= 15 is 0 Å². The second-order valence-electron chi connectivity index (χ2n) is 8.55. The number of hydrogen-bond acceptors (Lipinski definition) is 7. The predicted molar refractivity (Wildman–Crippen MR) is 143 cm³/mol. The SMILES string of the molecule is CCOC(=O)c1ccc(NC(=O)CNC(=O)[C@@H]2C[C@@H](S)CN2S(=O)(=O)c2ccc3ccccc3c2)cc1. The number of anilines is 1. The Hall–Kier alpha value is -3.41. The Morgan fingerprint density at radius 3 is 2.43 bits per heavy atom. The molecule has 1 fully saturated rings. The van der Waals surface area contributed by atoms with Crippen molar-refractivity contribution >= 4 is 56.9 Å². The van der Waals surface area contributed by atoms with Crippen molar-refractivity contribution in [1.29, 1.82) is 0 Å². The van der Waals surface area contributed by atoms with E-state index in [4.69, 9.17) is 4.74 Å². The van der Waals surface area contributed by atoms with Crippen molar-refractivity contribution in [3.05, 3.63) is 72.3 Å². The number of hydrogen-bond donors (Lipinski definition) is 3. The van der Waals surface area contributed by atoms with Gasteiger partial charge in [0.1, 0.15) is 6.04 Å². The molecule has 37 heavy (non-hydrogen) atoms. The van der Waals surface area contributed by atoms with Crippen molar-refractivity contribution in [2.45, 2.75) is 29.5 Å². The Bertz CT molecular complexity index is 1430. The second-order valence-corrected chi connectivity index (χ2v) is 11.2. The average molecular weight is 542 g/mol. The molecule has 0 spiro atoms. The van der Waals surface area contributed by atoms with Crippen molar-refractivity contribution in [3.8, 4) is 0 Å². The zero-order chi connectivity index (χ0) is 26.6. The van der Waals surface area contributed by atoms with E-state index in [1.807, 2.05) is 24.3 Å². The molecular weight excluding hydrogens is 514 g/mol. The summed E-state index contributed by atoms with van der Waals surface area (Å²) in [6.07, 6.45) is 0.221. The van der Waals surface area contributed by atoms with Crippen molar-refractivity contribution < 1.29 is 27.5 Å². The summed E-state index contributed by atoms with van der Waals surface area (Å²) >= 11 is 4.42. The van der Waals surface area contributed by atoms with Gasteiger partial charge < -0.3 is 15.4 Å².